The van der Waals surface area contributed by atoms with E-state index in [1.54, 1.807) is 11.8 Å². The number of nitrogens with zero attached hydrogens (tertiary/aromatic N) is 1. The number of carbonyl (C=O) groups is 2. The Morgan fingerprint density at radius 1 is 1.18 bits per heavy atom. The lowest BCUT2D eigenvalue weighted by atomic mass is 9.79. The number of halogens is 1. The van der Waals surface area contributed by atoms with Crippen LogP contribution in [0.25, 0.3) is 0 Å². The summed E-state index contributed by atoms with van der Waals surface area (Å²) in [7, 11) is 0. The maximum atomic E-state index is 13.7. The van der Waals surface area contributed by atoms with E-state index in [9.17, 15) is 14.0 Å². The summed E-state index contributed by atoms with van der Waals surface area (Å²) in [6, 6.07) is 12.1. The van der Waals surface area contributed by atoms with Crippen LogP contribution in [0.4, 0.5) is 21.5 Å². The second-order valence-electron chi connectivity index (χ2n) is 10.8. The van der Waals surface area contributed by atoms with Crippen molar-refractivity contribution < 1.29 is 23.8 Å². The third-order valence-corrected chi connectivity index (χ3v) is 9.73. The van der Waals surface area contributed by atoms with Crippen molar-refractivity contribution in [2.24, 2.45) is 11.3 Å². The van der Waals surface area contributed by atoms with Gasteiger partial charge < -0.3 is 20.1 Å². The van der Waals surface area contributed by atoms with Crippen LogP contribution in [0.1, 0.15) is 65.2 Å². The number of carbonyl (C=O) groups excluding carboxylic acids is 1. The van der Waals surface area contributed by atoms with E-state index >= 15 is 0 Å². The molecule has 6 nitrogen and oxygen atoms in total. The first kappa shape index (κ1) is 30.3. The number of carboxylic acid groups (broad SMARTS) is 1. The number of aliphatic carboxylic acids is 1. The maximum Gasteiger partial charge on any atom is 0.368 e. The number of carboxylic acids is 1. The number of anilines is 3. The maximum absolute atomic E-state index is 13.7. The number of thioether (sulfide) groups is 2. The SMILES string of the molecule is CCCCC1(CCCC)CSc2cc(O/C=C(\F)C(=O)O)c(SC)cc2N(c2ccc(NC(=O)C3CC3)cc2)C1. The van der Waals surface area contributed by atoms with E-state index in [1.807, 2.05) is 24.5 Å². The molecule has 0 atom stereocenters. The largest absolute Gasteiger partial charge is 0.476 e. The van der Waals surface area contributed by atoms with E-state index in [0.717, 1.165) is 90.5 Å². The second-order valence-corrected chi connectivity index (χ2v) is 12.6. The summed E-state index contributed by atoms with van der Waals surface area (Å²) < 4.78 is 19.3. The molecular weight excluding hydrogens is 547 g/mol. The first-order valence-corrected chi connectivity index (χ1v) is 16.3. The van der Waals surface area contributed by atoms with E-state index in [-0.39, 0.29) is 17.2 Å². The number of hydrogen-bond donors (Lipinski definition) is 2. The molecule has 2 aliphatic rings. The van der Waals surface area contributed by atoms with E-state index in [4.69, 9.17) is 9.84 Å². The topological polar surface area (TPSA) is 78.9 Å². The zero-order valence-electron chi connectivity index (χ0n) is 23.5. The van der Waals surface area contributed by atoms with Gasteiger partial charge in [-0.2, -0.15) is 4.39 Å². The Morgan fingerprint density at radius 3 is 2.42 bits per heavy atom. The van der Waals surface area contributed by atoms with Crippen molar-refractivity contribution in [3.05, 3.63) is 48.5 Å². The first-order chi connectivity index (χ1) is 19.3. The van der Waals surface area contributed by atoms with Crippen molar-refractivity contribution in [2.45, 2.75) is 75.0 Å². The van der Waals surface area contributed by atoms with Crippen molar-refractivity contribution in [3.8, 4) is 5.75 Å². The van der Waals surface area contributed by atoms with Gasteiger partial charge in [0.15, 0.2) is 0 Å². The van der Waals surface area contributed by atoms with Crippen molar-refractivity contribution in [1.29, 1.82) is 0 Å². The van der Waals surface area contributed by atoms with Crippen molar-refractivity contribution in [1.82, 2.24) is 0 Å². The van der Waals surface area contributed by atoms with Gasteiger partial charge in [0.1, 0.15) is 12.0 Å². The minimum absolute atomic E-state index is 0.0907. The third-order valence-electron chi connectivity index (χ3n) is 7.57. The highest BCUT2D eigenvalue weighted by atomic mass is 32.2. The molecule has 40 heavy (non-hydrogen) atoms. The number of ether oxygens (including phenoxy) is 1. The Balaban J connectivity index is 1.74. The van der Waals surface area contributed by atoms with Gasteiger partial charge in [0.25, 0.3) is 0 Å². The molecule has 1 saturated carbocycles. The Hall–Kier alpha value is -2.65. The first-order valence-electron chi connectivity index (χ1n) is 14.1. The number of unbranched alkanes of at least 4 members (excludes halogenated alkanes) is 2. The Bertz CT molecular complexity index is 1220. The lowest BCUT2D eigenvalue weighted by Gasteiger charge is -2.38. The van der Waals surface area contributed by atoms with Gasteiger partial charge in [-0.25, -0.2) is 4.79 Å². The molecule has 0 bridgehead atoms. The standard InChI is InChI=1S/C31H39FN2O4S2/c1-4-6-14-31(15-7-5-2)19-34(23-12-10-22(11-13-23)33-29(35)21-8-9-21)25-16-28(39-3)26(17-27(25)40-20-31)38-18-24(32)30(36)37/h10-13,16-18,21H,4-9,14-15,19-20H2,1-3H3,(H,33,35)(H,36,37)/b24-18-. The average Bonchev–Trinajstić information content (AvgIpc) is 3.82. The number of nitrogens with one attached hydrogen (secondary N) is 1. The van der Waals surface area contributed by atoms with Crippen LogP contribution in [0.5, 0.6) is 5.75 Å². The van der Waals surface area contributed by atoms with Crippen LogP contribution in [-0.2, 0) is 9.59 Å². The summed E-state index contributed by atoms with van der Waals surface area (Å²) >= 11 is 3.26. The molecule has 9 heteroatoms. The van der Waals surface area contributed by atoms with E-state index < -0.39 is 11.8 Å². The molecule has 0 unspecified atom stereocenters. The lowest BCUT2D eigenvalue weighted by molar-refractivity contribution is -0.134. The minimum atomic E-state index is -1.66. The van der Waals surface area contributed by atoms with Crippen LogP contribution >= 0.6 is 23.5 Å². The molecule has 1 amide bonds. The smallest absolute Gasteiger partial charge is 0.368 e. The number of fused-ring (bicyclic) bond motifs is 1. The summed E-state index contributed by atoms with van der Waals surface area (Å²) in [6.07, 6.45) is 11.3. The highest BCUT2D eigenvalue weighted by Crippen LogP contribution is 2.50. The Kier molecular flexibility index (Phi) is 10.5. The fourth-order valence-corrected chi connectivity index (χ4v) is 6.93. The number of rotatable bonds is 13. The molecule has 216 valence electrons. The number of hydrogen-bond acceptors (Lipinski definition) is 6. The zero-order chi connectivity index (χ0) is 28.7. The van der Waals surface area contributed by atoms with E-state index in [2.05, 4.69) is 42.3 Å². The van der Waals surface area contributed by atoms with Crippen molar-refractivity contribution in [3.63, 3.8) is 0 Å². The Labute approximate surface area is 245 Å². The molecule has 2 N–H and O–H groups in total. The van der Waals surface area contributed by atoms with Gasteiger partial charge in [-0.1, -0.05) is 39.5 Å². The monoisotopic (exact) mass is 586 g/mol. The van der Waals surface area contributed by atoms with Crippen LogP contribution in [-0.4, -0.2) is 35.5 Å². The summed E-state index contributed by atoms with van der Waals surface area (Å²) in [6.45, 7) is 5.33. The summed E-state index contributed by atoms with van der Waals surface area (Å²) in [5.74, 6) is -1.38. The fourth-order valence-electron chi connectivity index (χ4n) is 5.05. The van der Waals surface area contributed by atoms with Crippen molar-refractivity contribution >= 4 is 52.5 Å². The molecule has 4 rings (SSSR count). The van der Waals surface area contributed by atoms with Crippen LogP contribution < -0.4 is 15.0 Å². The van der Waals surface area contributed by atoms with Gasteiger partial charge in [0.05, 0.1) is 10.6 Å². The van der Waals surface area contributed by atoms with Crippen LogP contribution in [0.3, 0.4) is 0 Å². The average molecular weight is 587 g/mol. The predicted molar refractivity (Wildman–Crippen MR) is 163 cm³/mol. The molecule has 2 aromatic carbocycles. The second kappa shape index (κ2) is 13.8. The number of amides is 1. The highest BCUT2D eigenvalue weighted by molar-refractivity contribution is 7.99. The molecule has 1 aliphatic carbocycles. The predicted octanol–water partition coefficient (Wildman–Crippen LogP) is 8.64. The molecule has 1 heterocycles. The van der Waals surface area contributed by atoms with Gasteiger partial charge in [0.2, 0.25) is 11.7 Å². The zero-order valence-corrected chi connectivity index (χ0v) is 25.1. The molecule has 0 radical (unpaired) electrons. The van der Waals surface area contributed by atoms with Crippen LogP contribution in [0.2, 0.25) is 0 Å². The summed E-state index contributed by atoms with van der Waals surface area (Å²) in [4.78, 5) is 27.4. The highest BCUT2D eigenvalue weighted by Gasteiger charge is 2.36. The van der Waals surface area contributed by atoms with Crippen molar-refractivity contribution in [2.75, 3.05) is 28.8 Å². The van der Waals surface area contributed by atoms with Crippen LogP contribution in [0, 0.1) is 11.3 Å². The summed E-state index contributed by atoms with van der Waals surface area (Å²) in [5.41, 5.74) is 3.00. The molecule has 1 aliphatic heterocycles. The Morgan fingerprint density at radius 2 is 1.85 bits per heavy atom. The molecule has 1 fully saturated rings. The lowest BCUT2D eigenvalue weighted by Crippen LogP contribution is -2.36. The summed E-state index contributed by atoms with van der Waals surface area (Å²) in [5, 5.41) is 11.9. The van der Waals surface area contributed by atoms with E-state index in [0.29, 0.717) is 12.0 Å². The molecule has 0 aromatic heterocycles. The normalized spacial score (nSPS) is 16.7. The molecule has 2 aromatic rings. The molecular formula is C31H39FN2O4S2. The molecule has 0 saturated heterocycles. The molecule has 0 spiro atoms. The van der Waals surface area contributed by atoms with Gasteiger partial charge in [-0.3, -0.25) is 4.79 Å². The van der Waals surface area contributed by atoms with Gasteiger partial charge >= 0.3 is 5.97 Å². The quantitative estimate of drug-likeness (QED) is 0.138. The minimum Gasteiger partial charge on any atom is -0.476 e. The van der Waals surface area contributed by atoms with Gasteiger partial charge in [-0.15, -0.1) is 23.5 Å². The van der Waals surface area contributed by atoms with E-state index in [1.165, 1.54) is 11.8 Å². The number of benzene rings is 2. The fraction of sp³-hybridized carbons (Fsp3) is 0.484. The van der Waals surface area contributed by atoms with Gasteiger partial charge in [0, 0.05) is 34.5 Å². The van der Waals surface area contributed by atoms with Gasteiger partial charge in [-0.05, 0) is 73.8 Å². The van der Waals surface area contributed by atoms with Crippen LogP contribution in [0.15, 0.2) is 58.3 Å². The third kappa shape index (κ3) is 7.55.